The minimum atomic E-state index is -1.31. The van der Waals surface area contributed by atoms with Crippen LogP contribution in [-0.4, -0.2) is 37.3 Å². The van der Waals surface area contributed by atoms with E-state index in [4.69, 9.17) is 30.9 Å². The lowest BCUT2D eigenvalue weighted by Gasteiger charge is -2.23. The van der Waals surface area contributed by atoms with E-state index in [-0.39, 0.29) is 10.7 Å². The first kappa shape index (κ1) is 19.9. The maximum atomic E-state index is 14.0. The van der Waals surface area contributed by atoms with Crippen molar-refractivity contribution in [2.24, 2.45) is 0 Å². The van der Waals surface area contributed by atoms with Crippen LogP contribution in [0.15, 0.2) is 30.3 Å². The number of hydrogen-bond acceptors (Lipinski definition) is 5. The fourth-order valence-electron chi connectivity index (χ4n) is 3.06. The number of carbonyl (C=O) groups excluding carboxylic acids is 1. The van der Waals surface area contributed by atoms with E-state index in [0.29, 0.717) is 22.6 Å². The van der Waals surface area contributed by atoms with Crippen molar-refractivity contribution < 1.29 is 33.3 Å². The largest absolute Gasteiger partial charge is 0.493 e. The van der Waals surface area contributed by atoms with E-state index in [9.17, 15) is 14.0 Å². The second kappa shape index (κ2) is 8.04. The first-order valence-electron chi connectivity index (χ1n) is 8.23. The number of carboxylic acid groups (broad SMARTS) is 1. The summed E-state index contributed by atoms with van der Waals surface area (Å²) in [4.78, 5) is 23.6. The zero-order chi connectivity index (χ0) is 20.4. The van der Waals surface area contributed by atoms with E-state index in [0.717, 1.165) is 6.07 Å². The SMILES string of the molecule is COc1cccc([C@H]2O[C@H](CC(=O)O)C(=O)Nc3cc(F)c(Cl)cc32)c1OC. The second-order valence-corrected chi connectivity index (χ2v) is 6.44. The summed E-state index contributed by atoms with van der Waals surface area (Å²) in [5.41, 5.74) is 0.964. The lowest BCUT2D eigenvalue weighted by Crippen LogP contribution is -2.31. The normalized spacial score (nSPS) is 18.6. The number of amides is 1. The zero-order valence-electron chi connectivity index (χ0n) is 15.0. The van der Waals surface area contributed by atoms with Gasteiger partial charge in [-0.3, -0.25) is 9.59 Å². The van der Waals surface area contributed by atoms with E-state index < -0.39 is 36.3 Å². The fraction of sp³-hybridized carbons (Fsp3) is 0.263. The zero-order valence-corrected chi connectivity index (χ0v) is 15.7. The van der Waals surface area contributed by atoms with Crippen molar-refractivity contribution in [3.8, 4) is 11.5 Å². The van der Waals surface area contributed by atoms with Gasteiger partial charge in [0.05, 0.1) is 25.7 Å². The number of anilines is 1. The summed E-state index contributed by atoms with van der Waals surface area (Å²) in [6.45, 7) is 0. The van der Waals surface area contributed by atoms with Gasteiger partial charge in [-0.1, -0.05) is 23.7 Å². The summed E-state index contributed by atoms with van der Waals surface area (Å²) in [7, 11) is 2.91. The Labute approximate surface area is 165 Å². The van der Waals surface area contributed by atoms with Crippen LogP contribution in [0.25, 0.3) is 0 Å². The maximum Gasteiger partial charge on any atom is 0.306 e. The second-order valence-electron chi connectivity index (χ2n) is 6.03. The van der Waals surface area contributed by atoms with Crippen LogP contribution in [0.4, 0.5) is 10.1 Å². The Balaban J connectivity index is 2.21. The molecule has 0 radical (unpaired) electrons. The lowest BCUT2D eigenvalue weighted by molar-refractivity contribution is -0.146. The minimum absolute atomic E-state index is 0.134. The number of rotatable bonds is 5. The highest BCUT2D eigenvalue weighted by molar-refractivity contribution is 6.31. The molecule has 0 aromatic heterocycles. The van der Waals surface area contributed by atoms with Crippen LogP contribution in [0.5, 0.6) is 11.5 Å². The van der Waals surface area contributed by atoms with Crippen LogP contribution in [0, 0.1) is 5.82 Å². The van der Waals surface area contributed by atoms with Gasteiger partial charge >= 0.3 is 5.97 Å². The molecule has 0 saturated heterocycles. The highest BCUT2D eigenvalue weighted by Gasteiger charge is 2.35. The van der Waals surface area contributed by atoms with Gasteiger partial charge in [0.25, 0.3) is 5.91 Å². The fourth-order valence-corrected chi connectivity index (χ4v) is 3.23. The predicted molar refractivity (Wildman–Crippen MR) is 98.6 cm³/mol. The number of benzene rings is 2. The number of methoxy groups -OCH3 is 2. The number of hydrogen-bond donors (Lipinski definition) is 2. The highest BCUT2D eigenvalue weighted by Crippen LogP contribution is 2.44. The summed E-state index contributed by atoms with van der Waals surface area (Å²) in [5.74, 6) is -1.89. The molecule has 1 heterocycles. The molecule has 0 unspecified atom stereocenters. The molecule has 2 N–H and O–H groups in total. The summed E-state index contributed by atoms with van der Waals surface area (Å²) in [6, 6.07) is 7.45. The van der Waals surface area contributed by atoms with E-state index in [1.807, 2.05) is 0 Å². The maximum absolute atomic E-state index is 14.0. The third kappa shape index (κ3) is 3.74. The van der Waals surface area contributed by atoms with Crippen LogP contribution >= 0.6 is 11.6 Å². The number of carbonyl (C=O) groups is 2. The van der Waals surface area contributed by atoms with E-state index in [1.165, 1.54) is 20.3 Å². The molecular formula is C19H17ClFNO6. The van der Waals surface area contributed by atoms with Gasteiger partial charge in [-0.05, 0) is 18.2 Å². The Hall–Kier alpha value is -2.84. The van der Waals surface area contributed by atoms with Crippen LogP contribution in [0.3, 0.4) is 0 Å². The molecule has 0 fully saturated rings. The molecule has 28 heavy (non-hydrogen) atoms. The number of nitrogens with one attached hydrogen (secondary N) is 1. The van der Waals surface area contributed by atoms with Crippen molar-refractivity contribution in [3.05, 3.63) is 52.3 Å². The molecule has 1 aliphatic rings. The molecule has 0 aliphatic carbocycles. The molecule has 2 aromatic carbocycles. The molecule has 1 aliphatic heterocycles. The third-order valence-electron chi connectivity index (χ3n) is 4.30. The first-order valence-corrected chi connectivity index (χ1v) is 8.61. The predicted octanol–water partition coefficient (Wildman–Crippen LogP) is 3.40. The standard InChI is InChI=1S/C19H17ClFNO6/c1-26-14-5-3-4-9(18(14)27-2)17-10-6-11(20)12(21)7-13(10)22-19(25)15(28-17)8-16(23)24/h3-7,15,17H,8H2,1-2H3,(H,22,25)(H,23,24)/t15-,17-/m1/s1. The average Bonchev–Trinajstić information content (AvgIpc) is 2.78. The Morgan fingerprint density at radius 2 is 2.04 bits per heavy atom. The van der Waals surface area contributed by atoms with Gasteiger partial charge < -0.3 is 24.6 Å². The molecule has 3 rings (SSSR count). The number of carboxylic acids is 1. The summed E-state index contributed by atoms with van der Waals surface area (Å²) >= 11 is 5.95. The van der Waals surface area contributed by atoms with Gasteiger partial charge in [0.1, 0.15) is 18.0 Å². The van der Waals surface area contributed by atoms with Gasteiger partial charge in [-0.15, -0.1) is 0 Å². The topological polar surface area (TPSA) is 94.1 Å². The van der Waals surface area contributed by atoms with Gasteiger partial charge in [0.2, 0.25) is 0 Å². The Morgan fingerprint density at radius 3 is 2.68 bits per heavy atom. The van der Waals surface area contributed by atoms with E-state index in [1.54, 1.807) is 18.2 Å². The van der Waals surface area contributed by atoms with E-state index >= 15 is 0 Å². The number of fused-ring (bicyclic) bond motifs is 1. The van der Waals surface area contributed by atoms with E-state index in [2.05, 4.69) is 5.32 Å². The van der Waals surface area contributed by atoms with Crippen molar-refractivity contribution in [2.75, 3.05) is 19.5 Å². The quantitative estimate of drug-likeness (QED) is 0.786. The molecule has 0 spiro atoms. The van der Waals surface area contributed by atoms with Crippen LogP contribution in [-0.2, 0) is 14.3 Å². The molecular weight excluding hydrogens is 393 g/mol. The summed E-state index contributed by atoms with van der Waals surface area (Å²) < 4.78 is 30.6. The van der Waals surface area contributed by atoms with Crippen molar-refractivity contribution in [3.63, 3.8) is 0 Å². The number of ether oxygens (including phenoxy) is 3. The average molecular weight is 410 g/mol. The van der Waals surface area contributed by atoms with Crippen molar-refractivity contribution in [2.45, 2.75) is 18.6 Å². The van der Waals surface area contributed by atoms with Crippen LogP contribution in [0.1, 0.15) is 23.7 Å². The molecule has 9 heteroatoms. The molecule has 0 saturated carbocycles. The van der Waals surface area contributed by atoms with Gasteiger partial charge in [-0.2, -0.15) is 0 Å². The summed E-state index contributed by atoms with van der Waals surface area (Å²) in [6.07, 6.45) is -2.84. The molecule has 148 valence electrons. The Morgan fingerprint density at radius 1 is 1.29 bits per heavy atom. The Bertz CT molecular complexity index is 935. The Kier molecular flexibility index (Phi) is 5.71. The van der Waals surface area contributed by atoms with Crippen LogP contribution < -0.4 is 14.8 Å². The monoisotopic (exact) mass is 409 g/mol. The van der Waals surface area contributed by atoms with Gasteiger partial charge in [-0.25, -0.2) is 4.39 Å². The number of para-hydroxylation sites is 1. The minimum Gasteiger partial charge on any atom is -0.493 e. The molecule has 7 nitrogen and oxygen atoms in total. The molecule has 2 atom stereocenters. The lowest BCUT2D eigenvalue weighted by atomic mass is 9.98. The highest BCUT2D eigenvalue weighted by atomic mass is 35.5. The molecule has 0 bridgehead atoms. The van der Waals surface area contributed by atoms with Crippen molar-refractivity contribution >= 4 is 29.2 Å². The first-order chi connectivity index (χ1) is 13.3. The number of halogens is 2. The molecule has 1 amide bonds. The van der Waals surface area contributed by atoms with Crippen LogP contribution in [0.2, 0.25) is 5.02 Å². The molecule has 2 aromatic rings. The smallest absolute Gasteiger partial charge is 0.306 e. The summed E-state index contributed by atoms with van der Waals surface area (Å²) in [5, 5.41) is 11.5. The van der Waals surface area contributed by atoms with Gasteiger partial charge in [0, 0.05) is 16.8 Å². The van der Waals surface area contributed by atoms with Crippen molar-refractivity contribution in [1.29, 1.82) is 0 Å². The third-order valence-corrected chi connectivity index (χ3v) is 4.59. The van der Waals surface area contributed by atoms with Crippen molar-refractivity contribution in [1.82, 2.24) is 0 Å². The number of aliphatic carboxylic acids is 1. The van der Waals surface area contributed by atoms with Gasteiger partial charge in [0.15, 0.2) is 11.5 Å².